The van der Waals surface area contributed by atoms with Crippen molar-refractivity contribution in [2.75, 3.05) is 12.4 Å². The second kappa shape index (κ2) is 7.83. The summed E-state index contributed by atoms with van der Waals surface area (Å²) in [6.45, 7) is 3.71. The first-order valence-corrected chi connectivity index (χ1v) is 8.00. The van der Waals surface area contributed by atoms with Gasteiger partial charge in [0.25, 0.3) is 0 Å². The molecule has 0 atom stereocenters. The van der Waals surface area contributed by atoms with Crippen LogP contribution in [0.1, 0.15) is 22.3 Å². The maximum absolute atomic E-state index is 13.1. The first-order chi connectivity index (χ1) is 12.1. The molecule has 2 aromatic carbocycles. The van der Waals surface area contributed by atoms with Crippen molar-refractivity contribution >= 4 is 29.3 Å². The van der Waals surface area contributed by atoms with Gasteiger partial charge >= 0.3 is 6.18 Å². The molecule has 0 saturated heterocycles. The van der Waals surface area contributed by atoms with Crippen LogP contribution in [0.15, 0.2) is 36.4 Å². The SMILES string of the molecule is COc1cc(C)c(/C=C/C(=O)Nc2ccc(Cl)cc2C(F)(F)F)c(C)c1. The third-order valence-corrected chi connectivity index (χ3v) is 3.98. The number of hydrogen-bond donors (Lipinski definition) is 1. The van der Waals surface area contributed by atoms with E-state index in [1.807, 2.05) is 26.0 Å². The van der Waals surface area contributed by atoms with Crippen molar-refractivity contribution in [2.24, 2.45) is 0 Å². The fourth-order valence-electron chi connectivity index (χ4n) is 2.51. The second-order valence-corrected chi connectivity index (χ2v) is 6.12. The number of anilines is 1. The number of methoxy groups -OCH3 is 1. The van der Waals surface area contributed by atoms with Gasteiger partial charge in [-0.05, 0) is 66.9 Å². The van der Waals surface area contributed by atoms with Crippen LogP contribution in [0.3, 0.4) is 0 Å². The average molecular weight is 384 g/mol. The molecule has 7 heteroatoms. The minimum atomic E-state index is -4.62. The minimum Gasteiger partial charge on any atom is -0.497 e. The van der Waals surface area contributed by atoms with E-state index < -0.39 is 17.6 Å². The molecule has 0 fully saturated rings. The highest BCUT2D eigenvalue weighted by Gasteiger charge is 2.34. The van der Waals surface area contributed by atoms with Gasteiger partial charge in [-0.3, -0.25) is 4.79 Å². The Balaban J connectivity index is 2.24. The Labute approximate surface area is 154 Å². The summed E-state index contributed by atoms with van der Waals surface area (Å²) in [5, 5.41) is 2.19. The topological polar surface area (TPSA) is 38.3 Å². The third kappa shape index (κ3) is 4.79. The van der Waals surface area contributed by atoms with E-state index in [-0.39, 0.29) is 10.7 Å². The number of halogens is 4. The molecule has 1 N–H and O–H groups in total. The highest BCUT2D eigenvalue weighted by Crippen LogP contribution is 2.36. The summed E-state index contributed by atoms with van der Waals surface area (Å²) in [4.78, 5) is 12.1. The van der Waals surface area contributed by atoms with Crippen molar-refractivity contribution in [3.63, 3.8) is 0 Å². The lowest BCUT2D eigenvalue weighted by Crippen LogP contribution is -2.14. The van der Waals surface area contributed by atoms with E-state index in [1.54, 1.807) is 13.2 Å². The highest BCUT2D eigenvalue weighted by molar-refractivity contribution is 6.30. The molecule has 0 aromatic heterocycles. The zero-order valence-electron chi connectivity index (χ0n) is 14.4. The summed E-state index contributed by atoms with van der Waals surface area (Å²) in [6, 6.07) is 6.81. The smallest absolute Gasteiger partial charge is 0.418 e. The molecule has 2 rings (SSSR count). The van der Waals surface area contributed by atoms with Crippen LogP contribution in [0.5, 0.6) is 5.75 Å². The van der Waals surface area contributed by atoms with Crippen molar-refractivity contribution in [3.8, 4) is 5.75 Å². The van der Waals surface area contributed by atoms with Crippen LogP contribution in [0.4, 0.5) is 18.9 Å². The van der Waals surface area contributed by atoms with Gasteiger partial charge in [0.05, 0.1) is 18.4 Å². The van der Waals surface area contributed by atoms with Crippen LogP contribution >= 0.6 is 11.6 Å². The standard InChI is InChI=1S/C19H17ClF3NO2/c1-11-8-14(26-3)9-12(2)15(11)5-7-18(25)24-17-6-4-13(20)10-16(17)19(21,22)23/h4-10H,1-3H3,(H,24,25)/b7-5+. The maximum atomic E-state index is 13.1. The van der Waals surface area contributed by atoms with Crippen molar-refractivity contribution in [3.05, 3.63) is 63.7 Å². The molecule has 0 unspecified atom stereocenters. The number of hydrogen-bond acceptors (Lipinski definition) is 2. The lowest BCUT2D eigenvalue weighted by molar-refractivity contribution is -0.136. The number of benzene rings is 2. The summed E-state index contributed by atoms with van der Waals surface area (Å²) >= 11 is 5.62. The van der Waals surface area contributed by atoms with E-state index in [2.05, 4.69) is 5.32 Å². The van der Waals surface area contributed by atoms with E-state index in [0.29, 0.717) is 5.75 Å². The van der Waals surface area contributed by atoms with Crippen LogP contribution in [0, 0.1) is 13.8 Å². The van der Waals surface area contributed by atoms with Crippen molar-refractivity contribution in [1.82, 2.24) is 0 Å². The maximum Gasteiger partial charge on any atom is 0.418 e. The highest BCUT2D eigenvalue weighted by atomic mass is 35.5. The molecule has 0 aliphatic carbocycles. The number of alkyl halides is 3. The molecule has 1 amide bonds. The Morgan fingerprint density at radius 2 is 1.77 bits per heavy atom. The monoisotopic (exact) mass is 383 g/mol. The van der Waals surface area contributed by atoms with Gasteiger partial charge in [-0.25, -0.2) is 0 Å². The first kappa shape index (κ1) is 19.8. The first-order valence-electron chi connectivity index (χ1n) is 7.63. The van der Waals surface area contributed by atoms with E-state index in [1.165, 1.54) is 12.1 Å². The molecule has 138 valence electrons. The van der Waals surface area contributed by atoms with E-state index in [4.69, 9.17) is 16.3 Å². The number of amides is 1. The molecule has 0 spiro atoms. The molecule has 0 aliphatic rings. The largest absolute Gasteiger partial charge is 0.497 e. The molecular formula is C19H17ClF3NO2. The molecule has 0 saturated carbocycles. The van der Waals surface area contributed by atoms with Crippen molar-refractivity contribution < 1.29 is 22.7 Å². The van der Waals surface area contributed by atoms with E-state index >= 15 is 0 Å². The molecule has 0 bridgehead atoms. The summed E-state index contributed by atoms with van der Waals surface area (Å²) in [7, 11) is 1.56. The zero-order valence-corrected chi connectivity index (χ0v) is 15.1. The van der Waals surface area contributed by atoms with Gasteiger partial charge in [0, 0.05) is 11.1 Å². The number of aryl methyl sites for hydroxylation is 2. The lowest BCUT2D eigenvalue weighted by Gasteiger charge is -2.13. The predicted octanol–water partition coefficient (Wildman–Crippen LogP) is 5.64. The van der Waals surface area contributed by atoms with Crippen molar-refractivity contribution in [2.45, 2.75) is 20.0 Å². The Morgan fingerprint density at radius 3 is 2.31 bits per heavy atom. The van der Waals surface area contributed by atoms with E-state index in [9.17, 15) is 18.0 Å². The Morgan fingerprint density at radius 1 is 1.15 bits per heavy atom. The van der Waals surface area contributed by atoms with Gasteiger partial charge in [0.15, 0.2) is 0 Å². The molecule has 26 heavy (non-hydrogen) atoms. The van der Waals surface area contributed by atoms with Crippen LogP contribution in [-0.4, -0.2) is 13.0 Å². The van der Waals surface area contributed by atoms with E-state index in [0.717, 1.165) is 28.8 Å². The van der Waals surface area contributed by atoms with Crippen LogP contribution in [0.2, 0.25) is 5.02 Å². The van der Waals surface area contributed by atoms with Gasteiger partial charge in [0.2, 0.25) is 5.91 Å². The van der Waals surface area contributed by atoms with Gasteiger partial charge in [-0.2, -0.15) is 13.2 Å². The quantitative estimate of drug-likeness (QED) is 0.694. The number of rotatable bonds is 4. The average Bonchev–Trinajstić information content (AvgIpc) is 2.54. The molecule has 3 nitrogen and oxygen atoms in total. The predicted molar refractivity (Wildman–Crippen MR) is 96.6 cm³/mol. The number of nitrogens with one attached hydrogen (secondary N) is 1. The van der Waals surface area contributed by atoms with Crippen LogP contribution < -0.4 is 10.1 Å². The molecule has 0 radical (unpaired) electrons. The molecule has 0 heterocycles. The van der Waals surface area contributed by atoms with Gasteiger partial charge in [-0.15, -0.1) is 0 Å². The Kier molecular flexibility index (Phi) is 5.97. The summed E-state index contributed by atoms with van der Waals surface area (Å²) in [6.07, 6.45) is -1.88. The second-order valence-electron chi connectivity index (χ2n) is 5.69. The molecule has 2 aromatic rings. The fourth-order valence-corrected chi connectivity index (χ4v) is 2.68. The van der Waals surface area contributed by atoms with Gasteiger partial charge in [0.1, 0.15) is 5.75 Å². The van der Waals surface area contributed by atoms with Gasteiger partial charge in [-0.1, -0.05) is 11.6 Å². The molecule has 0 aliphatic heterocycles. The van der Waals surface area contributed by atoms with Crippen LogP contribution in [0.25, 0.3) is 6.08 Å². The Hall–Kier alpha value is -2.47. The normalized spacial score (nSPS) is 11.7. The van der Waals surface area contributed by atoms with Gasteiger partial charge < -0.3 is 10.1 Å². The lowest BCUT2D eigenvalue weighted by atomic mass is 10.0. The number of carbonyl (C=O) groups excluding carboxylic acids is 1. The number of carbonyl (C=O) groups is 1. The summed E-state index contributed by atoms with van der Waals surface area (Å²) in [5.74, 6) is 0.0185. The number of ether oxygens (including phenoxy) is 1. The third-order valence-electron chi connectivity index (χ3n) is 3.75. The fraction of sp³-hybridized carbons (Fsp3) is 0.211. The Bertz CT molecular complexity index is 837. The van der Waals surface area contributed by atoms with Crippen molar-refractivity contribution in [1.29, 1.82) is 0 Å². The van der Waals surface area contributed by atoms with Crippen LogP contribution in [-0.2, 0) is 11.0 Å². The summed E-state index contributed by atoms with van der Waals surface area (Å²) in [5.41, 5.74) is 1.22. The molecular weight excluding hydrogens is 367 g/mol. The summed E-state index contributed by atoms with van der Waals surface area (Å²) < 4.78 is 44.4. The zero-order chi connectivity index (χ0) is 19.5. The minimum absolute atomic E-state index is 0.0599.